The third kappa shape index (κ3) is 5.33. The van der Waals surface area contributed by atoms with Gasteiger partial charge in [0.05, 0.1) is 32.3 Å². The molecule has 0 saturated carbocycles. The van der Waals surface area contributed by atoms with Gasteiger partial charge in [-0.05, 0) is 66.9 Å². The first-order chi connectivity index (χ1) is 17.3. The van der Waals surface area contributed by atoms with Gasteiger partial charge in [0.25, 0.3) is 0 Å². The lowest BCUT2D eigenvalue weighted by molar-refractivity contribution is 0.148. The zero-order valence-corrected chi connectivity index (χ0v) is 21.6. The summed E-state index contributed by atoms with van der Waals surface area (Å²) in [5.74, 6) is 1.45. The van der Waals surface area contributed by atoms with Gasteiger partial charge in [0, 0.05) is 24.7 Å². The number of sulfonamides is 1. The predicted octanol–water partition coefficient (Wildman–Crippen LogP) is 4.32. The molecular weight excluding hydrogens is 483 g/mol. The average Bonchev–Trinajstić information content (AvgIpc) is 2.88. The lowest BCUT2D eigenvalue weighted by Gasteiger charge is -2.41. The Bertz CT molecular complexity index is 1310. The summed E-state index contributed by atoms with van der Waals surface area (Å²) in [5.41, 5.74) is 2.51. The topological polar surface area (TPSA) is 77.1 Å². The molecule has 3 aromatic rings. The van der Waals surface area contributed by atoms with Crippen molar-refractivity contribution in [2.24, 2.45) is 0 Å². The normalized spacial score (nSPS) is 16.8. The van der Waals surface area contributed by atoms with Crippen molar-refractivity contribution in [2.45, 2.75) is 36.9 Å². The monoisotopic (exact) mass is 514 g/mol. The third-order valence-corrected chi connectivity index (χ3v) is 8.12. The van der Waals surface area contributed by atoms with E-state index in [1.165, 1.54) is 25.3 Å². The van der Waals surface area contributed by atoms with Crippen LogP contribution in [-0.2, 0) is 23.0 Å². The van der Waals surface area contributed by atoms with E-state index in [-0.39, 0.29) is 16.8 Å². The van der Waals surface area contributed by atoms with E-state index in [0.29, 0.717) is 42.3 Å². The van der Waals surface area contributed by atoms with E-state index in [9.17, 15) is 12.8 Å². The highest BCUT2D eigenvalue weighted by molar-refractivity contribution is 7.89. The van der Waals surface area contributed by atoms with Crippen molar-refractivity contribution in [1.29, 1.82) is 0 Å². The molecule has 9 heteroatoms. The summed E-state index contributed by atoms with van der Waals surface area (Å²) in [7, 11) is 0.842. The van der Waals surface area contributed by atoms with Gasteiger partial charge in [-0.1, -0.05) is 18.2 Å². The molecule has 0 saturated heterocycles. The van der Waals surface area contributed by atoms with E-state index >= 15 is 0 Å². The van der Waals surface area contributed by atoms with Crippen molar-refractivity contribution in [3.05, 3.63) is 83.2 Å². The molecule has 192 valence electrons. The fourth-order valence-corrected chi connectivity index (χ4v) is 6.02. The van der Waals surface area contributed by atoms with Gasteiger partial charge in [-0.25, -0.2) is 17.5 Å². The second kappa shape index (κ2) is 10.9. The molecule has 0 spiro atoms. The fourth-order valence-electron chi connectivity index (χ4n) is 4.77. The van der Waals surface area contributed by atoms with Crippen molar-refractivity contribution < 1.29 is 27.0 Å². The van der Waals surface area contributed by atoms with Gasteiger partial charge in [-0.2, -0.15) is 0 Å². The Labute approximate surface area is 211 Å². The number of hydrogen-bond donors (Lipinski definition) is 1. The molecule has 0 aromatic heterocycles. The zero-order valence-electron chi connectivity index (χ0n) is 20.8. The van der Waals surface area contributed by atoms with E-state index in [1.807, 2.05) is 19.1 Å². The molecule has 7 nitrogen and oxygen atoms in total. The SMILES string of the molecule is COc1ccc(S(=O)(=O)NC(C)C2c3cc(OC)c(OC)cc3CCN2Cc2ccccc2F)cc1. The quantitative estimate of drug-likeness (QED) is 0.458. The molecule has 0 fully saturated rings. The number of methoxy groups -OCH3 is 3. The number of hydrogen-bond acceptors (Lipinski definition) is 6. The minimum Gasteiger partial charge on any atom is -0.497 e. The molecule has 1 N–H and O–H groups in total. The van der Waals surface area contributed by atoms with Crippen LogP contribution in [0.5, 0.6) is 17.2 Å². The minimum atomic E-state index is -3.83. The summed E-state index contributed by atoms with van der Waals surface area (Å²) >= 11 is 0. The van der Waals surface area contributed by atoms with Gasteiger partial charge < -0.3 is 14.2 Å². The average molecular weight is 515 g/mol. The van der Waals surface area contributed by atoms with Crippen LogP contribution in [-0.4, -0.2) is 47.2 Å². The molecular formula is C27H31FN2O5S. The lowest BCUT2D eigenvalue weighted by atomic mass is 9.88. The molecule has 36 heavy (non-hydrogen) atoms. The second-order valence-electron chi connectivity index (χ2n) is 8.75. The van der Waals surface area contributed by atoms with Crippen LogP contribution < -0.4 is 18.9 Å². The molecule has 1 heterocycles. The molecule has 0 aliphatic carbocycles. The Hall–Kier alpha value is -3.14. The van der Waals surface area contributed by atoms with Crippen LogP contribution in [0.1, 0.15) is 29.7 Å². The van der Waals surface area contributed by atoms with Crippen LogP contribution in [0.25, 0.3) is 0 Å². The van der Waals surface area contributed by atoms with Gasteiger partial charge in [0.1, 0.15) is 11.6 Å². The van der Waals surface area contributed by atoms with Gasteiger partial charge in [0.15, 0.2) is 11.5 Å². The maximum Gasteiger partial charge on any atom is 0.240 e. The lowest BCUT2D eigenvalue weighted by Crippen LogP contribution is -2.47. The van der Waals surface area contributed by atoms with Crippen molar-refractivity contribution in [2.75, 3.05) is 27.9 Å². The molecule has 0 bridgehead atoms. The van der Waals surface area contributed by atoms with Gasteiger partial charge >= 0.3 is 0 Å². The number of nitrogens with zero attached hydrogens (tertiary/aromatic N) is 1. The molecule has 0 radical (unpaired) electrons. The van der Waals surface area contributed by atoms with E-state index in [2.05, 4.69) is 9.62 Å². The predicted molar refractivity (Wildman–Crippen MR) is 136 cm³/mol. The Morgan fingerprint density at radius 1 is 1.00 bits per heavy atom. The van der Waals surface area contributed by atoms with Gasteiger partial charge in [-0.15, -0.1) is 0 Å². The Morgan fingerprint density at radius 3 is 2.31 bits per heavy atom. The summed E-state index contributed by atoms with van der Waals surface area (Å²) in [6, 6.07) is 15.8. The smallest absolute Gasteiger partial charge is 0.240 e. The van der Waals surface area contributed by atoms with Crippen molar-refractivity contribution in [1.82, 2.24) is 9.62 Å². The van der Waals surface area contributed by atoms with Crippen LogP contribution in [0.4, 0.5) is 4.39 Å². The second-order valence-corrected chi connectivity index (χ2v) is 10.5. The number of fused-ring (bicyclic) bond motifs is 1. The maximum absolute atomic E-state index is 14.6. The van der Waals surface area contributed by atoms with Crippen molar-refractivity contribution in [3.8, 4) is 17.2 Å². The summed E-state index contributed by atoms with van der Waals surface area (Å²) < 4.78 is 60.1. The molecule has 0 amide bonds. The third-order valence-electron chi connectivity index (χ3n) is 6.54. The Morgan fingerprint density at radius 2 is 1.67 bits per heavy atom. The minimum absolute atomic E-state index is 0.138. The summed E-state index contributed by atoms with van der Waals surface area (Å²) in [6.45, 7) is 2.78. The van der Waals surface area contributed by atoms with E-state index in [4.69, 9.17) is 14.2 Å². The zero-order chi connectivity index (χ0) is 25.9. The molecule has 2 unspecified atom stereocenters. The van der Waals surface area contributed by atoms with E-state index < -0.39 is 16.1 Å². The molecule has 2 atom stereocenters. The first kappa shape index (κ1) is 25.9. The van der Waals surface area contributed by atoms with E-state index in [1.54, 1.807) is 44.6 Å². The van der Waals surface area contributed by atoms with Crippen molar-refractivity contribution >= 4 is 10.0 Å². The molecule has 3 aromatic carbocycles. The molecule has 1 aliphatic heterocycles. The highest BCUT2D eigenvalue weighted by Crippen LogP contribution is 2.40. The summed E-state index contributed by atoms with van der Waals surface area (Å²) in [4.78, 5) is 2.24. The standard InChI is InChI=1S/C27H31FN2O5S/c1-18(29-36(31,32)22-11-9-21(33-2)10-12-22)27-23-16-26(35-4)25(34-3)15-19(23)13-14-30(27)17-20-7-5-6-8-24(20)28/h5-12,15-16,18,27,29H,13-14,17H2,1-4H3. The van der Waals surface area contributed by atoms with Crippen LogP contribution >= 0.6 is 0 Å². The Balaban J connectivity index is 1.72. The maximum atomic E-state index is 14.6. The van der Waals surface area contributed by atoms with Gasteiger partial charge in [-0.3, -0.25) is 4.90 Å². The van der Waals surface area contributed by atoms with Crippen LogP contribution in [0.2, 0.25) is 0 Å². The van der Waals surface area contributed by atoms with E-state index in [0.717, 1.165) is 11.1 Å². The number of halogens is 1. The number of nitrogens with one attached hydrogen (secondary N) is 1. The molecule has 1 aliphatic rings. The number of benzene rings is 3. The van der Waals surface area contributed by atoms with Crippen LogP contribution in [0, 0.1) is 5.82 Å². The Kier molecular flexibility index (Phi) is 7.82. The highest BCUT2D eigenvalue weighted by Gasteiger charge is 2.35. The summed E-state index contributed by atoms with van der Waals surface area (Å²) in [5, 5.41) is 0. The number of rotatable bonds is 9. The first-order valence-corrected chi connectivity index (χ1v) is 13.1. The van der Waals surface area contributed by atoms with Gasteiger partial charge in [0.2, 0.25) is 10.0 Å². The van der Waals surface area contributed by atoms with Crippen molar-refractivity contribution in [3.63, 3.8) is 0 Å². The first-order valence-electron chi connectivity index (χ1n) is 11.7. The van der Waals surface area contributed by atoms with Crippen LogP contribution in [0.15, 0.2) is 65.6 Å². The largest absolute Gasteiger partial charge is 0.497 e. The molecule has 4 rings (SSSR count). The highest BCUT2D eigenvalue weighted by atomic mass is 32.2. The summed E-state index contributed by atoms with van der Waals surface area (Å²) in [6.07, 6.45) is 0.707. The fraction of sp³-hybridized carbons (Fsp3) is 0.333. The van der Waals surface area contributed by atoms with Crippen LogP contribution in [0.3, 0.4) is 0 Å². The number of ether oxygens (including phenoxy) is 3.